The predicted molar refractivity (Wildman–Crippen MR) is 93.1 cm³/mol. The molecule has 0 saturated carbocycles. The number of ether oxygens (including phenoxy) is 1. The number of hydrogen-bond acceptors (Lipinski definition) is 8. The summed E-state index contributed by atoms with van der Waals surface area (Å²) in [7, 11) is -3.07. The zero-order chi connectivity index (χ0) is 18.0. The molecule has 25 heavy (non-hydrogen) atoms. The minimum atomic E-state index is -3.07. The van der Waals surface area contributed by atoms with E-state index in [4.69, 9.17) is 9.15 Å². The number of aryl methyl sites for hydroxylation is 2. The van der Waals surface area contributed by atoms with E-state index in [0.717, 1.165) is 22.9 Å². The Morgan fingerprint density at radius 3 is 2.80 bits per heavy atom. The van der Waals surface area contributed by atoms with E-state index in [1.807, 2.05) is 32.0 Å². The summed E-state index contributed by atoms with van der Waals surface area (Å²) in [6.45, 7) is 4.03. The summed E-state index contributed by atoms with van der Waals surface area (Å²) in [5, 5.41) is 8.17. The van der Waals surface area contributed by atoms with Gasteiger partial charge in [-0.3, -0.25) is 4.79 Å². The third-order valence-corrected chi connectivity index (χ3v) is 6.49. The van der Waals surface area contributed by atoms with Crippen molar-refractivity contribution in [3.8, 4) is 11.5 Å². The average molecular weight is 382 g/mol. The van der Waals surface area contributed by atoms with Crippen molar-refractivity contribution in [3.05, 3.63) is 29.3 Å². The Kier molecular flexibility index (Phi) is 5.14. The highest BCUT2D eigenvalue weighted by Gasteiger charge is 2.30. The monoisotopic (exact) mass is 382 g/mol. The molecule has 0 aliphatic carbocycles. The van der Waals surface area contributed by atoms with Gasteiger partial charge in [-0.1, -0.05) is 17.8 Å². The number of esters is 1. The molecule has 1 aromatic carbocycles. The zero-order valence-electron chi connectivity index (χ0n) is 13.9. The summed E-state index contributed by atoms with van der Waals surface area (Å²) >= 11 is 1.07. The number of thioether (sulfide) groups is 1. The molecule has 2 aromatic rings. The Hall–Kier alpha value is -1.87. The van der Waals surface area contributed by atoms with Crippen LogP contribution >= 0.6 is 11.8 Å². The van der Waals surface area contributed by atoms with Crippen LogP contribution in [0.1, 0.15) is 17.5 Å². The summed E-state index contributed by atoms with van der Waals surface area (Å²) in [4.78, 5) is 11.8. The highest BCUT2D eigenvalue weighted by atomic mass is 32.2. The number of carbonyl (C=O) groups excluding carboxylic acids is 1. The molecular formula is C16H18N2O5S2. The van der Waals surface area contributed by atoms with Crippen molar-refractivity contribution in [2.24, 2.45) is 0 Å². The van der Waals surface area contributed by atoms with E-state index < -0.39 is 21.9 Å². The standard InChI is InChI=1S/C16H18N2O5S2/c1-10-3-4-12(7-11(10)2)15-17-18-16(23-15)24-8-14(19)22-13-5-6-25(20,21)9-13/h3-4,7,13H,5-6,8-9H2,1-2H3/t13-/m1/s1. The molecule has 0 spiro atoms. The van der Waals surface area contributed by atoms with Gasteiger partial charge in [0.1, 0.15) is 11.9 Å². The first kappa shape index (κ1) is 17.9. The van der Waals surface area contributed by atoms with E-state index in [2.05, 4.69) is 10.2 Å². The third kappa shape index (κ3) is 4.60. The largest absolute Gasteiger partial charge is 0.461 e. The van der Waals surface area contributed by atoms with Gasteiger partial charge in [-0.05, 0) is 43.5 Å². The van der Waals surface area contributed by atoms with Gasteiger partial charge in [0, 0.05) is 5.56 Å². The van der Waals surface area contributed by atoms with Gasteiger partial charge in [-0.15, -0.1) is 10.2 Å². The highest BCUT2D eigenvalue weighted by Crippen LogP contribution is 2.25. The summed E-state index contributed by atoms with van der Waals surface area (Å²) in [6.07, 6.45) is -0.192. The van der Waals surface area contributed by atoms with Gasteiger partial charge in [-0.2, -0.15) is 0 Å². The van der Waals surface area contributed by atoms with Crippen molar-refractivity contribution in [3.63, 3.8) is 0 Å². The lowest BCUT2D eigenvalue weighted by molar-refractivity contribution is -0.144. The Bertz CT molecular complexity index is 892. The summed E-state index contributed by atoms with van der Waals surface area (Å²) in [5.74, 6) is -0.133. The molecule has 1 atom stereocenters. The average Bonchev–Trinajstić information content (AvgIpc) is 3.14. The van der Waals surface area contributed by atoms with Crippen LogP contribution < -0.4 is 0 Å². The van der Waals surface area contributed by atoms with Crippen LogP contribution in [-0.4, -0.2) is 47.9 Å². The van der Waals surface area contributed by atoms with Gasteiger partial charge in [0.25, 0.3) is 5.22 Å². The second kappa shape index (κ2) is 7.17. The quantitative estimate of drug-likeness (QED) is 0.573. The van der Waals surface area contributed by atoms with Crippen LogP contribution in [0.3, 0.4) is 0 Å². The fourth-order valence-electron chi connectivity index (χ4n) is 2.45. The maximum atomic E-state index is 11.8. The minimum absolute atomic E-state index is 0.00882. The predicted octanol–water partition coefficient (Wildman–Crippen LogP) is 2.18. The number of aromatic nitrogens is 2. The van der Waals surface area contributed by atoms with Gasteiger partial charge in [-0.25, -0.2) is 8.42 Å². The number of hydrogen-bond donors (Lipinski definition) is 0. The van der Waals surface area contributed by atoms with Crippen LogP contribution in [0.15, 0.2) is 27.8 Å². The van der Waals surface area contributed by atoms with Crippen LogP contribution in [0.2, 0.25) is 0 Å². The topological polar surface area (TPSA) is 99.4 Å². The highest BCUT2D eigenvalue weighted by molar-refractivity contribution is 7.99. The molecule has 1 aromatic heterocycles. The van der Waals surface area contributed by atoms with Crippen molar-refractivity contribution in [2.75, 3.05) is 17.3 Å². The molecule has 1 fully saturated rings. The van der Waals surface area contributed by atoms with Crippen LogP contribution in [0.25, 0.3) is 11.5 Å². The molecule has 7 nitrogen and oxygen atoms in total. The van der Waals surface area contributed by atoms with Crippen molar-refractivity contribution in [2.45, 2.75) is 31.6 Å². The van der Waals surface area contributed by atoms with Gasteiger partial charge >= 0.3 is 5.97 Å². The number of sulfone groups is 1. The Labute approximate surface area is 150 Å². The Morgan fingerprint density at radius 2 is 2.12 bits per heavy atom. The zero-order valence-corrected chi connectivity index (χ0v) is 15.5. The Morgan fingerprint density at radius 1 is 1.32 bits per heavy atom. The van der Waals surface area contributed by atoms with Gasteiger partial charge in [0.2, 0.25) is 5.89 Å². The summed E-state index contributed by atoms with van der Waals surface area (Å²) in [5.41, 5.74) is 3.12. The second-order valence-corrected chi connectivity index (χ2v) is 9.13. The molecule has 1 saturated heterocycles. The molecular weight excluding hydrogens is 364 g/mol. The van der Waals surface area contributed by atoms with E-state index in [-0.39, 0.29) is 22.5 Å². The van der Waals surface area contributed by atoms with Crippen molar-refractivity contribution in [1.82, 2.24) is 10.2 Å². The lowest BCUT2D eigenvalue weighted by atomic mass is 10.1. The van der Waals surface area contributed by atoms with Crippen LogP contribution in [0.4, 0.5) is 0 Å². The van der Waals surface area contributed by atoms with Crippen LogP contribution in [-0.2, 0) is 19.4 Å². The first-order valence-electron chi connectivity index (χ1n) is 7.76. The summed E-state index contributed by atoms with van der Waals surface area (Å²) < 4.78 is 33.4. The normalized spacial score (nSPS) is 19.0. The summed E-state index contributed by atoms with van der Waals surface area (Å²) in [6, 6.07) is 5.85. The van der Waals surface area contributed by atoms with Crippen LogP contribution in [0.5, 0.6) is 0 Å². The lowest BCUT2D eigenvalue weighted by Crippen LogP contribution is -2.20. The number of nitrogens with zero attached hydrogens (tertiary/aromatic N) is 2. The number of benzene rings is 1. The molecule has 0 bridgehead atoms. The van der Waals surface area contributed by atoms with Gasteiger partial charge < -0.3 is 9.15 Å². The van der Waals surface area contributed by atoms with Gasteiger partial charge in [0.05, 0.1) is 11.5 Å². The number of rotatable bonds is 5. The molecule has 0 unspecified atom stereocenters. The van der Waals surface area contributed by atoms with Crippen molar-refractivity contribution in [1.29, 1.82) is 0 Å². The minimum Gasteiger partial charge on any atom is -0.461 e. The molecule has 3 rings (SSSR count). The van der Waals surface area contributed by atoms with Gasteiger partial charge in [0.15, 0.2) is 9.84 Å². The number of carbonyl (C=O) groups is 1. The van der Waals surface area contributed by atoms with E-state index in [1.165, 1.54) is 5.56 Å². The molecule has 1 aliphatic rings. The van der Waals surface area contributed by atoms with E-state index >= 15 is 0 Å². The van der Waals surface area contributed by atoms with E-state index in [1.54, 1.807) is 0 Å². The smallest absolute Gasteiger partial charge is 0.316 e. The van der Waals surface area contributed by atoms with E-state index in [0.29, 0.717) is 12.3 Å². The molecule has 134 valence electrons. The molecule has 0 amide bonds. The lowest BCUT2D eigenvalue weighted by Gasteiger charge is -2.08. The first-order valence-corrected chi connectivity index (χ1v) is 10.6. The Balaban J connectivity index is 1.55. The maximum absolute atomic E-state index is 11.8. The van der Waals surface area contributed by atoms with Crippen molar-refractivity contribution < 1.29 is 22.4 Å². The third-order valence-electron chi connectivity index (χ3n) is 3.96. The molecule has 0 radical (unpaired) electrons. The van der Waals surface area contributed by atoms with Crippen molar-refractivity contribution >= 4 is 27.6 Å². The maximum Gasteiger partial charge on any atom is 0.316 e. The molecule has 1 aliphatic heterocycles. The first-order chi connectivity index (χ1) is 11.8. The fraction of sp³-hybridized carbons (Fsp3) is 0.438. The van der Waals surface area contributed by atoms with E-state index in [9.17, 15) is 13.2 Å². The second-order valence-electron chi connectivity index (χ2n) is 5.98. The van der Waals surface area contributed by atoms with Crippen LogP contribution in [0, 0.1) is 13.8 Å². The molecule has 9 heteroatoms. The molecule has 0 N–H and O–H groups in total. The molecule has 2 heterocycles. The fourth-order valence-corrected chi connectivity index (χ4v) is 4.59. The SMILES string of the molecule is Cc1ccc(-c2nnc(SCC(=O)O[C@@H]3CCS(=O)(=O)C3)o2)cc1C.